The average molecular weight is 452 g/mol. The summed E-state index contributed by atoms with van der Waals surface area (Å²) in [6, 6.07) is 7.63. The zero-order chi connectivity index (χ0) is 23.4. The third-order valence-electron chi connectivity index (χ3n) is 6.74. The molecule has 0 bridgehead atoms. The maximum Gasteiger partial charge on any atom is 0.328 e. The molecule has 172 valence electrons. The van der Waals surface area contributed by atoms with Crippen LogP contribution in [0.25, 0.3) is 22.2 Å². The lowest BCUT2D eigenvalue weighted by Gasteiger charge is -2.33. The van der Waals surface area contributed by atoms with Crippen molar-refractivity contribution in [1.82, 2.24) is 18.9 Å². The SMILES string of the molecule is CCc1cc(N2CCCc3cc(-c4cnn(C)c4)c(C(F)F)cc32)cc2c1n(C)c(=O)n2C. The molecule has 1 aliphatic heterocycles. The van der Waals surface area contributed by atoms with Crippen molar-refractivity contribution < 1.29 is 8.78 Å². The number of hydrogen-bond donors (Lipinski definition) is 0. The number of fused-ring (bicyclic) bond motifs is 2. The lowest BCUT2D eigenvalue weighted by atomic mass is 9.92. The highest BCUT2D eigenvalue weighted by atomic mass is 19.3. The highest BCUT2D eigenvalue weighted by Gasteiger charge is 2.26. The second-order valence-electron chi connectivity index (χ2n) is 8.75. The fraction of sp³-hybridized carbons (Fsp3) is 0.360. The van der Waals surface area contributed by atoms with Crippen LogP contribution in [-0.2, 0) is 34.0 Å². The van der Waals surface area contributed by atoms with Crippen LogP contribution in [0.1, 0.15) is 36.5 Å². The van der Waals surface area contributed by atoms with Crippen LogP contribution >= 0.6 is 0 Å². The number of benzene rings is 2. The molecule has 0 saturated heterocycles. The Morgan fingerprint density at radius 3 is 2.55 bits per heavy atom. The number of alkyl halides is 2. The van der Waals surface area contributed by atoms with Gasteiger partial charge in [-0.1, -0.05) is 6.92 Å². The van der Waals surface area contributed by atoms with Crippen molar-refractivity contribution in [3.8, 4) is 11.1 Å². The van der Waals surface area contributed by atoms with Gasteiger partial charge in [-0.3, -0.25) is 13.8 Å². The summed E-state index contributed by atoms with van der Waals surface area (Å²) in [5.41, 5.74) is 6.80. The highest BCUT2D eigenvalue weighted by Crippen LogP contribution is 2.42. The van der Waals surface area contributed by atoms with Crippen molar-refractivity contribution in [2.75, 3.05) is 11.4 Å². The molecule has 0 fully saturated rings. The molecule has 4 aromatic rings. The van der Waals surface area contributed by atoms with E-state index in [-0.39, 0.29) is 11.3 Å². The molecule has 0 amide bonds. The van der Waals surface area contributed by atoms with Gasteiger partial charge in [0.15, 0.2) is 0 Å². The van der Waals surface area contributed by atoms with Crippen LogP contribution in [-0.4, -0.2) is 25.5 Å². The Morgan fingerprint density at radius 1 is 1.09 bits per heavy atom. The van der Waals surface area contributed by atoms with Crippen molar-refractivity contribution in [3.05, 3.63) is 63.8 Å². The lowest BCUT2D eigenvalue weighted by Crippen LogP contribution is -2.25. The van der Waals surface area contributed by atoms with Crippen LogP contribution in [0.15, 0.2) is 41.5 Å². The number of rotatable bonds is 4. The maximum absolute atomic E-state index is 14.2. The summed E-state index contributed by atoms with van der Waals surface area (Å²) in [6.07, 6.45) is 3.32. The number of halogens is 2. The van der Waals surface area contributed by atoms with E-state index >= 15 is 0 Å². The van der Waals surface area contributed by atoms with Gasteiger partial charge in [-0.2, -0.15) is 5.10 Å². The van der Waals surface area contributed by atoms with Gasteiger partial charge in [-0.05, 0) is 60.2 Å². The first kappa shape index (κ1) is 21.4. The first-order valence-corrected chi connectivity index (χ1v) is 11.2. The Kier molecular flexibility index (Phi) is 5.11. The van der Waals surface area contributed by atoms with Crippen LogP contribution in [0.5, 0.6) is 0 Å². The summed E-state index contributed by atoms with van der Waals surface area (Å²) >= 11 is 0. The fourth-order valence-electron chi connectivity index (χ4n) is 5.06. The molecule has 8 heteroatoms. The Hall–Kier alpha value is -3.42. The summed E-state index contributed by atoms with van der Waals surface area (Å²) in [7, 11) is 5.34. The number of nitrogens with zero attached hydrogens (tertiary/aromatic N) is 5. The summed E-state index contributed by atoms with van der Waals surface area (Å²) in [5.74, 6) is 0. The van der Waals surface area contributed by atoms with Crippen LogP contribution in [0.4, 0.5) is 20.2 Å². The van der Waals surface area contributed by atoms with Gasteiger partial charge in [0.2, 0.25) is 0 Å². The number of aromatic nitrogens is 4. The standard InChI is InChI=1S/C25H27F2N5O/c1-5-15-9-18(11-22-23(15)31(4)25(33)30(22)3)32-8-6-7-16-10-19(17-13-28-29(2)14-17)20(24(26)27)12-21(16)32/h9-14,24H,5-8H2,1-4H3. The fourth-order valence-corrected chi connectivity index (χ4v) is 5.06. The third-order valence-corrected chi connectivity index (χ3v) is 6.74. The molecule has 0 N–H and O–H groups in total. The van der Waals surface area contributed by atoms with Crippen molar-refractivity contribution in [1.29, 1.82) is 0 Å². The number of hydrogen-bond acceptors (Lipinski definition) is 3. The largest absolute Gasteiger partial charge is 0.341 e. The summed E-state index contributed by atoms with van der Waals surface area (Å²) < 4.78 is 33.3. The second-order valence-corrected chi connectivity index (χ2v) is 8.75. The molecule has 0 aliphatic carbocycles. The van der Waals surface area contributed by atoms with Crippen molar-refractivity contribution in [2.45, 2.75) is 32.6 Å². The van der Waals surface area contributed by atoms with Gasteiger partial charge in [0.05, 0.1) is 17.2 Å². The van der Waals surface area contributed by atoms with Crippen LogP contribution in [0.2, 0.25) is 0 Å². The van der Waals surface area contributed by atoms with E-state index in [9.17, 15) is 13.6 Å². The molecule has 0 spiro atoms. The molecule has 6 nitrogen and oxygen atoms in total. The molecule has 0 unspecified atom stereocenters. The molecule has 3 heterocycles. The Labute approximate surface area is 190 Å². The molecule has 0 saturated carbocycles. The molecule has 0 atom stereocenters. The maximum atomic E-state index is 14.2. The molecule has 33 heavy (non-hydrogen) atoms. The predicted octanol–water partition coefficient (Wildman–Crippen LogP) is 4.86. The monoisotopic (exact) mass is 451 g/mol. The van der Waals surface area contributed by atoms with Crippen LogP contribution in [0.3, 0.4) is 0 Å². The Morgan fingerprint density at radius 2 is 1.88 bits per heavy atom. The predicted molar refractivity (Wildman–Crippen MR) is 126 cm³/mol. The second kappa shape index (κ2) is 7.86. The van der Waals surface area contributed by atoms with Crippen molar-refractivity contribution >= 4 is 22.4 Å². The topological polar surface area (TPSA) is 48.0 Å². The van der Waals surface area contributed by atoms with Crippen LogP contribution in [0, 0.1) is 0 Å². The molecule has 2 aromatic carbocycles. The summed E-state index contributed by atoms with van der Waals surface area (Å²) in [4.78, 5) is 14.7. The normalized spacial score (nSPS) is 13.8. The quantitative estimate of drug-likeness (QED) is 0.445. The van der Waals surface area contributed by atoms with Gasteiger partial charge in [-0.15, -0.1) is 0 Å². The first-order valence-electron chi connectivity index (χ1n) is 11.2. The Balaban J connectivity index is 1.70. The van der Waals surface area contributed by atoms with Gasteiger partial charge < -0.3 is 4.90 Å². The van der Waals surface area contributed by atoms with E-state index < -0.39 is 6.43 Å². The zero-order valence-electron chi connectivity index (χ0n) is 19.3. The zero-order valence-corrected chi connectivity index (χ0v) is 19.3. The Bertz CT molecular complexity index is 1430. The number of anilines is 2. The first-order chi connectivity index (χ1) is 15.8. The van der Waals surface area contributed by atoms with E-state index in [1.807, 2.05) is 12.1 Å². The van der Waals surface area contributed by atoms with Crippen molar-refractivity contribution in [3.63, 3.8) is 0 Å². The van der Waals surface area contributed by atoms with E-state index in [1.165, 1.54) is 0 Å². The highest BCUT2D eigenvalue weighted by molar-refractivity contribution is 5.86. The van der Waals surface area contributed by atoms with E-state index in [0.29, 0.717) is 11.1 Å². The number of imidazole rings is 1. The van der Waals surface area contributed by atoms with E-state index in [4.69, 9.17) is 0 Å². The minimum absolute atomic E-state index is 0.0116. The van der Waals surface area contributed by atoms with Gasteiger partial charge >= 0.3 is 5.69 Å². The lowest BCUT2D eigenvalue weighted by molar-refractivity contribution is 0.152. The summed E-state index contributed by atoms with van der Waals surface area (Å²) in [6.45, 7) is 2.80. The minimum atomic E-state index is -2.60. The molecule has 0 radical (unpaired) electrons. The molecule has 1 aliphatic rings. The smallest absolute Gasteiger partial charge is 0.328 e. The minimum Gasteiger partial charge on any atom is -0.341 e. The van der Waals surface area contributed by atoms with Gasteiger partial charge in [0, 0.05) is 56.4 Å². The summed E-state index contributed by atoms with van der Waals surface area (Å²) in [5, 5.41) is 4.16. The van der Waals surface area contributed by atoms with Gasteiger partial charge in [-0.25, -0.2) is 13.6 Å². The van der Waals surface area contributed by atoms with E-state index in [0.717, 1.165) is 59.3 Å². The molecular formula is C25H27F2N5O. The average Bonchev–Trinajstić information content (AvgIpc) is 3.34. The molecule has 5 rings (SSSR count). The molecular weight excluding hydrogens is 424 g/mol. The van der Waals surface area contributed by atoms with Crippen molar-refractivity contribution in [2.24, 2.45) is 21.1 Å². The third kappa shape index (κ3) is 3.35. The number of aryl methyl sites for hydroxylation is 5. The molecule has 2 aromatic heterocycles. The van der Waals surface area contributed by atoms with Gasteiger partial charge in [0.25, 0.3) is 6.43 Å². The van der Waals surface area contributed by atoms with E-state index in [1.54, 1.807) is 53.4 Å². The van der Waals surface area contributed by atoms with E-state index in [2.05, 4.69) is 23.0 Å². The van der Waals surface area contributed by atoms with Crippen LogP contribution < -0.4 is 10.6 Å². The van der Waals surface area contributed by atoms with Gasteiger partial charge in [0.1, 0.15) is 0 Å².